The second-order valence-electron chi connectivity index (χ2n) is 29.3. The fraction of sp³-hybridized carbons (Fsp3) is 0.508. The van der Waals surface area contributed by atoms with Crippen LogP contribution in [-0.4, -0.2) is 317 Å². The van der Waals surface area contributed by atoms with E-state index in [1.807, 2.05) is 0 Å². The van der Waals surface area contributed by atoms with Crippen LogP contribution in [0.4, 0.5) is 29.2 Å². The highest BCUT2D eigenvalue weighted by atomic mass is 31.2. The van der Waals surface area contributed by atoms with Crippen molar-refractivity contribution in [1.29, 1.82) is 0 Å². The normalized spacial score (nSPS) is 38.6. The van der Waals surface area contributed by atoms with Gasteiger partial charge in [-0.05, 0) is 6.07 Å². The number of imidazole rings is 5. The Kier molecular flexibility index (Phi) is 24.5. The second kappa shape index (κ2) is 34.9. The molecule has 65 nitrogen and oxygen atoms in total. The van der Waals surface area contributed by atoms with Crippen molar-refractivity contribution < 1.29 is 170 Å². The Balaban J connectivity index is 0.695. The third-order valence-corrected chi connectivity index (χ3v) is 27.1. The van der Waals surface area contributed by atoms with Crippen molar-refractivity contribution >= 4 is 132 Å². The first kappa shape index (κ1) is 91.1. The van der Waals surface area contributed by atoms with E-state index in [2.05, 4.69) is 79.7 Å². The maximum absolute atomic E-state index is 14.7. The molecule has 18 heterocycles. The monoisotopic (exact) mass is 1950 g/mol. The summed E-state index contributed by atoms with van der Waals surface area (Å²) in [6.07, 6.45) is -41.4. The van der Waals surface area contributed by atoms with Crippen LogP contribution in [0.2, 0.25) is 0 Å². The Morgan fingerprint density at radius 3 is 0.792 bits per heavy atom. The lowest BCUT2D eigenvalue weighted by atomic mass is 10.1. The van der Waals surface area contributed by atoms with Crippen LogP contribution in [-0.2, 0) is 110 Å². The fourth-order valence-electron chi connectivity index (χ4n) is 15.3. The van der Waals surface area contributed by atoms with Crippen LogP contribution in [0.1, 0.15) is 37.4 Å². The van der Waals surface area contributed by atoms with Crippen molar-refractivity contribution in [2.24, 2.45) is 0 Å². The van der Waals surface area contributed by atoms with Crippen LogP contribution in [0, 0.1) is 0 Å². The number of nitrogens with one attached hydrogen (secondary N) is 1. The van der Waals surface area contributed by atoms with E-state index in [0.717, 1.165) is 92.2 Å². The van der Waals surface area contributed by atoms with Gasteiger partial charge in [0.25, 0.3) is 5.56 Å². The van der Waals surface area contributed by atoms with Crippen molar-refractivity contribution in [2.75, 3.05) is 68.3 Å². The molecule has 7 saturated heterocycles. The minimum absolute atomic E-state index is 0.0986. The number of rotatable bonds is 6. The minimum Gasteiger partial charge on any atom is -0.386 e. The number of nitrogens with two attached hydrogens (primary N) is 5. The molecule has 0 saturated carbocycles. The number of fused-ring (bicyclic) bond motifs is 11. The Hall–Kier alpha value is -9.39. The Bertz CT molecular complexity index is 6580. The summed E-state index contributed by atoms with van der Waals surface area (Å²) in [4.78, 5) is 160. The first-order chi connectivity index (χ1) is 61.7. The predicted molar refractivity (Wildman–Crippen MR) is 413 cm³/mol. The van der Waals surface area contributed by atoms with Gasteiger partial charge in [-0.25, -0.2) is 102 Å². The number of aliphatic hydroxyl groups excluding tert-OH is 6. The van der Waals surface area contributed by atoms with Gasteiger partial charge in [-0.3, -0.25) is 91.5 Å². The Labute approximate surface area is 718 Å². The summed E-state index contributed by atoms with van der Waals surface area (Å²) in [6, 6.07) is 1.17. The van der Waals surface area contributed by atoms with Gasteiger partial charge >= 0.3 is 52.6 Å². The molecule has 11 aromatic heterocycles. The van der Waals surface area contributed by atoms with E-state index in [1.54, 1.807) is 0 Å². The van der Waals surface area contributed by atoms with Gasteiger partial charge in [-0.15, -0.1) is 0 Å². The summed E-state index contributed by atoms with van der Waals surface area (Å²) in [7, 11) is -35.9. The second-order valence-corrected chi connectivity index (χ2v) is 37.7. The molecule has 7 fully saturated rings. The fourth-order valence-corrected chi connectivity index (χ4v) is 21.1. The van der Waals surface area contributed by atoms with Crippen LogP contribution >= 0.6 is 46.9 Å². The lowest BCUT2D eigenvalue weighted by molar-refractivity contribution is -0.0666. The van der Waals surface area contributed by atoms with E-state index < -0.39 is 262 Å². The topological polar surface area (TPSA) is 914 Å². The molecule has 130 heavy (non-hydrogen) atoms. The van der Waals surface area contributed by atoms with E-state index in [-0.39, 0.29) is 67.9 Å². The third-order valence-electron chi connectivity index (χ3n) is 21.2. The van der Waals surface area contributed by atoms with Crippen molar-refractivity contribution in [3.05, 3.63) is 96.2 Å². The molecule has 700 valence electrons. The van der Waals surface area contributed by atoms with Gasteiger partial charge in [0.1, 0.15) is 157 Å². The smallest absolute Gasteiger partial charge is 0.386 e. The minimum atomic E-state index is -6.00. The van der Waals surface area contributed by atoms with Gasteiger partial charge in [-0.2, -0.15) is 4.98 Å². The molecule has 0 bridgehead atoms. The lowest BCUT2D eigenvalue weighted by Crippen LogP contribution is -2.39. The van der Waals surface area contributed by atoms with Gasteiger partial charge in [0.05, 0.1) is 71.3 Å². The predicted octanol–water partition coefficient (Wildman–Crippen LogP) is -5.78. The average Bonchev–Trinajstić information content (AvgIpc) is 1.63. The van der Waals surface area contributed by atoms with E-state index in [1.165, 1.54) is 6.07 Å². The van der Waals surface area contributed by atoms with Gasteiger partial charge in [0, 0.05) is 12.4 Å². The molecule has 0 spiro atoms. The molecule has 7 aliphatic rings. The highest BCUT2D eigenvalue weighted by molar-refractivity contribution is 7.48. The molecule has 0 radical (unpaired) electrons. The summed E-state index contributed by atoms with van der Waals surface area (Å²) in [5.74, 6) is -1.38. The van der Waals surface area contributed by atoms with E-state index in [0.29, 0.717) is 4.57 Å². The highest BCUT2D eigenvalue weighted by Gasteiger charge is 2.59. The van der Waals surface area contributed by atoms with Gasteiger partial charge in [0.15, 0.2) is 94.4 Å². The average molecular weight is 1950 g/mol. The van der Waals surface area contributed by atoms with E-state index in [9.17, 15) is 97.0 Å². The summed E-state index contributed by atoms with van der Waals surface area (Å²) in [5.41, 5.74) is 26.1. The van der Waals surface area contributed by atoms with Crippen LogP contribution < -0.4 is 39.9 Å². The van der Waals surface area contributed by atoms with Gasteiger partial charge in [-0.1, -0.05) is 0 Å². The molecule has 0 aliphatic carbocycles. The number of hydrogen-bond donors (Lipinski definition) is 18. The van der Waals surface area contributed by atoms with Crippen molar-refractivity contribution in [1.82, 2.24) is 107 Å². The molecular formula is C59H71N27O38P6. The molecule has 30 atom stereocenters. The Morgan fingerprint density at radius 2 is 0.546 bits per heavy atom. The number of ether oxygens (including phenoxy) is 6. The zero-order valence-electron chi connectivity index (χ0n) is 65.0. The molecule has 71 heteroatoms. The molecule has 11 aromatic rings. The molecule has 23 N–H and O–H groups in total. The number of phosphoric ester groups is 6. The molecule has 6 unspecified atom stereocenters. The number of aromatic nitrogens is 22. The molecule has 18 rings (SSSR count). The number of phosphoric acid groups is 6. The van der Waals surface area contributed by atoms with E-state index >= 15 is 0 Å². The summed E-state index contributed by atoms with van der Waals surface area (Å²) in [6.45, 7) is -8.40. The number of hydrogen-bond acceptors (Lipinski definition) is 52. The molecule has 0 aromatic carbocycles. The van der Waals surface area contributed by atoms with E-state index in [4.69, 9.17) is 111 Å². The molecular weight excluding hydrogens is 1880 g/mol. The molecule has 7 aliphatic heterocycles. The number of aliphatic hydroxyl groups is 6. The number of nitrogens with zero attached hydrogens (tertiary/aromatic N) is 21. The molecule has 0 amide bonds. The summed E-state index contributed by atoms with van der Waals surface area (Å²) >= 11 is 0. The van der Waals surface area contributed by atoms with Crippen molar-refractivity contribution in [2.45, 2.75) is 147 Å². The zero-order valence-corrected chi connectivity index (χ0v) is 70.3. The maximum Gasteiger partial charge on any atom is 0.472 e. The van der Waals surface area contributed by atoms with Crippen LogP contribution in [0.3, 0.4) is 0 Å². The SMILES string of the molecule is Nc1nc2c(ncn2[C@@H]2O[C@@H]3COP(=O)(O)O[C@H]4[C@@H](O)[C@@H](n5cnc6c(N)ncnc65)O[C@@H]4COP(=O)(O)O[C@H]4[C@@H](O)[C@@H](n5cccnc5=O)O[C@@H]4COP(=O)(O)O[C@@H]4[C@@H](O)[C@@H](n5cnc6c(N)ncnc65)O[C@H]4COP(=O)(O)O[C@H]4[C@H](O)[C@H](n5cnc6c(N)ncnc65)O[C@@H]4COP(=O)(O)O[C@@H]4[C@@H](O)[C@@H](n5cnc6c(N)ncnc65)O[C@H]4COP(=O)(O)O[C@H]3[C@@H]2O)c(=O)[nH]1. The van der Waals surface area contributed by atoms with Gasteiger partial charge in [0.2, 0.25) is 5.95 Å². The number of H-pyrrole nitrogens is 1. The summed E-state index contributed by atoms with van der Waals surface area (Å²) in [5, 5.41) is 73.1. The first-order valence-corrected chi connectivity index (χ1v) is 46.6. The summed E-state index contributed by atoms with van der Waals surface area (Å²) < 4.78 is 196. The van der Waals surface area contributed by atoms with Crippen LogP contribution in [0.15, 0.2) is 85.0 Å². The highest BCUT2D eigenvalue weighted by Crippen LogP contribution is 2.59. The van der Waals surface area contributed by atoms with Crippen molar-refractivity contribution in [3.63, 3.8) is 0 Å². The van der Waals surface area contributed by atoms with Crippen LogP contribution in [0.5, 0.6) is 0 Å². The largest absolute Gasteiger partial charge is 0.472 e. The van der Waals surface area contributed by atoms with Gasteiger partial charge < -0.3 is 117 Å². The number of nitrogen functional groups attached to an aromatic ring is 5. The zero-order chi connectivity index (χ0) is 91.9. The maximum atomic E-state index is 14.7. The van der Waals surface area contributed by atoms with Crippen molar-refractivity contribution in [3.8, 4) is 0 Å². The standard InChI is InChI=1S/C59H71N27O38P6/c60-42-25-46(70-10-66-42)82(14-74-25)53-31(88)37-21(115-53)6-109-127(99,100)121-39-22(116-55(33(39)90)84-16-76-27-44(62)68-12-72-48(27)84)7-110-128(101,102)122-40-23(117-56(34(40)91)85-17-77-28-45(63)69-13-73-49(28)85)8-111-130(105,106)124-41-24(118-57(35(41)92)86-18-78-29-50(86)79-58(64)80-51(29)93)9-112-129(103,104)123-38-20(114-54(32(38)89)83-15-75-26-43(61)67-11-71-47(26)83)5-108-125(95,96)119-36-19(4-107-126(97,98)120-37)113-52(30(36)87)81-3-1-2-65-59(81)94/h1-3,10-24,30-41,52-57,87-92H,4-9H2,(H,95,96)(H,97,98)(H,99,100)(H,101,102)(H,103,104)(H,105,106)(H2,60,66,70)(H2,61,67,71)(H2,62,68,72)(H2,63,69,73)(H3,64,79,80,93)/t19-,20-,21+,22-,23+,24-,30-,31-,32-,33+,34-,35+,36-,37+,38-,39-,40+,41-,52+,53+,54+,55-,56+,57-/m1/s1. The lowest BCUT2D eigenvalue weighted by Gasteiger charge is -2.27. The number of anilines is 5. The van der Waals surface area contributed by atoms with Crippen LogP contribution in [0.25, 0.3) is 55.8 Å². The first-order valence-electron chi connectivity index (χ1n) is 37.6. The quantitative estimate of drug-likeness (QED) is 0.0690. The third kappa shape index (κ3) is 17.7. The Morgan fingerprint density at radius 1 is 0.315 bits per heavy atom. The number of aromatic amines is 1.